The zero-order valence-corrected chi connectivity index (χ0v) is 22.4. The summed E-state index contributed by atoms with van der Waals surface area (Å²) < 4.78 is 15.2. The molecule has 3 heterocycles. The maximum atomic E-state index is 15.2. The van der Waals surface area contributed by atoms with E-state index in [0.29, 0.717) is 30.8 Å². The van der Waals surface area contributed by atoms with Gasteiger partial charge in [-0.2, -0.15) is 0 Å². The molecular formula is C31H31FN4O5. The van der Waals surface area contributed by atoms with Crippen molar-refractivity contribution in [3.8, 4) is 11.5 Å². The first-order valence-corrected chi connectivity index (χ1v) is 13.8. The van der Waals surface area contributed by atoms with Crippen molar-refractivity contribution in [2.24, 2.45) is 0 Å². The van der Waals surface area contributed by atoms with Gasteiger partial charge < -0.3 is 15.1 Å². The SMILES string of the molecule is O=C1CCC(N2Cc3cc(CN4CCN(C(c5ccc(O)cc5)c5ccc(O)cc5)CC4)c(F)cc3C2=O)C(=O)N1. The van der Waals surface area contributed by atoms with Crippen molar-refractivity contribution in [1.82, 2.24) is 20.0 Å². The number of nitrogens with zero attached hydrogens (tertiary/aromatic N) is 3. The highest BCUT2D eigenvalue weighted by Gasteiger charge is 2.39. The Hall–Kier alpha value is -4.28. The van der Waals surface area contributed by atoms with Crippen molar-refractivity contribution in [3.05, 3.63) is 94.3 Å². The Labute approximate surface area is 236 Å². The molecule has 10 heteroatoms. The van der Waals surface area contributed by atoms with Crippen molar-refractivity contribution in [2.45, 2.75) is 38.0 Å². The topological polar surface area (TPSA) is 113 Å². The number of fused-ring (bicyclic) bond motifs is 1. The van der Waals surface area contributed by atoms with E-state index in [4.69, 9.17) is 0 Å². The molecule has 2 saturated heterocycles. The fourth-order valence-corrected chi connectivity index (χ4v) is 6.11. The molecule has 9 nitrogen and oxygen atoms in total. The van der Waals surface area contributed by atoms with Crippen LogP contribution in [0.5, 0.6) is 11.5 Å². The number of nitrogens with one attached hydrogen (secondary N) is 1. The number of phenolic OH excluding ortho intramolecular Hbond substituents is 2. The number of aromatic hydroxyl groups is 2. The van der Waals surface area contributed by atoms with E-state index < -0.39 is 17.8 Å². The largest absolute Gasteiger partial charge is 0.508 e. The predicted octanol–water partition coefficient (Wildman–Crippen LogP) is 2.91. The van der Waals surface area contributed by atoms with Crippen molar-refractivity contribution < 1.29 is 29.0 Å². The smallest absolute Gasteiger partial charge is 0.255 e. The van der Waals surface area contributed by atoms with Crippen LogP contribution in [-0.2, 0) is 22.7 Å². The molecular weight excluding hydrogens is 527 g/mol. The minimum atomic E-state index is -0.734. The zero-order chi connectivity index (χ0) is 28.7. The lowest BCUT2D eigenvalue weighted by Crippen LogP contribution is -2.52. The molecule has 0 radical (unpaired) electrons. The molecule has 3 aromatic rings. The normalized spacial score (nSPS) is 20.0. The van der Waals surface area contributed by atoms with Crippen LogP contribution in [0.25, 0.3) is 0 Å². The molecule has 0 bridgehead atoms. The van der Waals surface area contributed by atoms with E-state index in [1.54, 1.807) is 30.3 Å². The Morgan fingerprint density at radius 1 is 0.878 bits per heavy atom. The average molecular weight is 559 g/mol. The number of carbonyl (C=O) groups is 3. The first-order valence-electron chi connectivity index (χ1n) is 13.8. The fraction of sp³-hybridized carbons (Fsp3) is 0.323. The van der Waals surface area contributed by atoms with Gasteiger partial charge in [0.15, 0.2) is 0 Å². The molecule has 0 spiro atoms. The van der Waals surface area contributed by atoms with Crippen LogP contribution in [0.2, 0.25) is 0 Å². The Bertz CT molecular complexity index is 1440. The lowest BCUT2D eigenvalue weighted by molar-refractivity contribution is -0.136. The summed E-state index contributed by atoms with van der Waals surface area (Å²) in [4.78, 5) is 42.8. The summed E-state index contributed by atoms with van der Waals surface area (Å²) in [5.74, 6) is -1.28. The molecule has 0 aromatic heterocycles. The fourth-order valence-electron chi connectivity index (χ4n) is 6.11. The minimum Gasteiger partial charge on any atom is -0.508 e. The molecule has 2 fully saturated rings. The van der Waals surface area contributed by atoms with Crippen molar-refractivity contribution >= 4 is 17.7 Å². The second kappa shape index (κ2) is 10.9. The van der Waals surface area contributed by atoms with Crippen LogP contribution >= 0.6 is 0 Å². The molecule has 3 aliphatic heterocycles. The molecule has 3 amide bonds. The standard InChI is InChI=1S/C31H31FN4O5/c32-26-16-25-21(18-36(31(25)41)27-9-10-28(39)33-30(27)40)15-22(26)17-34-11-13-35(14-12-34)29(19-1-5-23(37)6-2-19)20-3-7-24(38)8-4-20/h1-8,15-16,27,29,37-38H,9-14,17-18H2,(H,33,39,40). The van der Waals surface area contributed by atoms with Gasteiger partial charge in [-0.25, -0.2) is 4.39 Å². The van der Waals surface area contributed by atoms with E-state index >= 15 is 4.39 Å². The van der Waals surface area contributed by atoms with Gasteiger partial charge in [-0.15, -0.1) is 0 Å². The number of halogens is 1. The highest BCUT2D eigenvalue weighted by atomic mass is 19.1. The quantitative estimate of drug-likeness (QED) is 0.399. The maximum absolute atomic E-state index is 15.2. The number of piperidine rings is 1. The molecule has 3 aliphatic rings. The van der Waals surface area contributed by atoms with Gasteiger partial charge in [-0.3, -0.25) is 29.5 Å². The van der Waals surface area contributed by atoms with E-state index in [-0.39, 0.29) is 54.3 Å². The summed E-state index contributed by atoms with van der Waals surface area (Å²) in [6.45, 7) is 3.45. The second-order valence-corrected chi connectivity index (χ2v) is 10.9. The lowest BCUT2D eigenvalue weighted by atomic mass is 9.96. The summed E-state index contributed by atoms with van der Waals surface area (Å²) in [7, 11) is 0. The molecule has 6 rings (SSSR count). The number of piperazine rings is 1. The van der Waals surface area contributed by atoms with Crippen molar-refractivity contribution in [3.63, 3.8) is 0 Å². The lowest BCUT2D eigenvalue weighted by Gasteiger charge is -2.40. The van der Waals surface area contributed by atoms with Crippen LogP contribution in [-0.4, -0.2) is 74.9 Å². The number of rotatable bonds is 6. The van der Waals surface area contributed by atoms with E-state index in [9.17, 15) is 24.6 Å². The summed E-state index contributed by atoms with van der Waals surface area (Å²) in [6.07, 6.45) is 0.432. The molecule has 0 saturated carbocycles. The van der Waals surface area contributed by atoms with Crippen LogP contribution in [0.3, 0.4) is 0 Å². The number of hydrogen-bond donors (Lipinski definition) is 3. The summed E-state index contributed by atoms with van der Waals surface area (Å²) in [5, 5.41) is 21.9. The van der Waals surface area contributed by atoms with Gasteiger partial charge in [0.2, 0.25) is 11.8 Å². The highest BCUT2D eigenvalue weighted by Crippen LogP contribution is 2.33. The number of hydrogen-bond acceptors (Lipinski definition) is 7. The molecule has 1 unspecified atom stereocenters. The van der Waals surface area contributed by atoms with Crippen molar-refractivity contribution in [1.29, 1.82) is 0 Å². The Morgan fingerprint density at radius 3 is 2.07 bits per heavy atom. The monoisotopic (exact) mass is 558 g/mol. The first-order chi connectivity index (χ1) is 19.8. The average Bonchev–Trinajstić information content (AvgIpc) is 3.26. The van der Waals surface area contributed by atoms with Crippen LogP contribution in [0.1, 0.15) is 51.5 Å². The molecule has 3 aromatic carbocycles. The Kier molecular flexibility index (Phi) is 7.19. The molecule has 3 N–H and O–H groups in total. The van der Waals surface area contributed by atoms with Crippen LogP contribution in [0.4, 0.5) is 4.39 Å². The summed E-state index contributed by atoms with van der Waals surface area (Å²) >= 11 is 0. The number of phenols is 2. The number of amides is 3. The van der Waals surface area contributed by atoms with Gasteiger partial charge in [0.05, 0.1) is 6.04 Å². The number of imide groups is 1. The Balaban J connectivity index is 1.14. The third-order valence-corrected chi connectivity index (χ3v) is 8.27. The van der Waals surface area contributed by atoms with Gasteiger partial charge >= 0.3 is 0 Å². The Morgan fingerprint density at radius 2 is 1.49 bits per heavy atom. The van der Waals surface area contributed by atoms with Crippen molar-refractivity contribution in [2.75, 3.05) is 26.2 Å². The van der Waals surface area contributed by atoms with E-state index in [0.717, 1.165) is 24.2 Å². The molecule has 41 heavy (non-hydrogen) atoms. The van der Waals surface area contributed by atoms with E-state index in [1.807, 2.05) is 24.3 Å². The highest BCUT2D eigenvalue weighted by molar-refractivity contribution is 6.05. The molecule has 212 valence electrons. The van der Waals surface area contributed by atoms with Gasteiger partial charge in [-0.05, 0) is 59.5 Å². The van der Waals surface area contributed by atoms with Crippen LogP contribution in [0, 0.1) is 5.82 Å². The maximum Gasteiger partial charge on any atom is 0.255 e. The van der Waals surface area contributed by atoms with E-state index in [1.165, 1.54) is 11.0 Å². The second-order valence-electron chi connectivity index (χ2n) is 10.9. The molecule has 0 aliphatic carbocycles. The van der Waals surface area contributed by atoms with Crippen LogP contribution in [0.15, 0.2) is 60.7 Å². The van der Waals surface area contributed by atoms with E-state index in [2.05, 4.69) is 15.1 Å². The van der Waals surface area contributed by atoms with Gasteiger partial charge in [-0.1, -0.05) is 24.3 Å². The number of carbonyl (C=O) groups excluding carboxylic acids is 3. The van der Waals surface area contributed by atoms with Gasteiger partial charge in [0.25, 0.3) is 5.91 Å². The predicted molar refractivity (Wildman–Crippen MR) is 147 cm³/mol. The van der Waals surface area contributed by atoms with Gasteiger partial charge in [0.1, 0.15) is 23.4 Å². The van der Waals surface area contributed by atoms with Crippen LogP contribution < -0.4 is 5.32 Å². The first kappa shape index (κ1) is 26.9. The summed E-state index contributed by atoms with van der Waals surface area (Å²) in [6, 6.07) is 16.5. The number of benzene rings is 3. The van der Waals surface area contributed by atoms with Gasteiger partial charge in [0, 0.05) is 56.8 Å². The zero-order valence-electron chi connectivity index (χ0n) is 22.4. The summed E-state index contributed by atoms with van der Waals surface area (Å²) in [5.41, 5.74) is 3.51. The third-order valence-electron chi connectivity index (χ3n) is 8.27. The minimum absolute atomic E-state index is 0.0700. The molecule has 1 atom stereocenters. The third kappa shape index (κ3) is 5.40.